The molecule has 8 heteroatoms. The van der Waals surface area contributed by atoms with Crippen molar-refractivity contribution >= 4 is 32.6 Å². The second-order valence-electron chi connectivity index (χ2n) is 9.14. The largest absolute Gasteiger partial charge is 0.351 e. The Bertz CT molecular complexity index is 1330. The van der Waals surface area contributed by atoms with Crippen molar-refractivity contribution in [1.29, 1.82) is 0 Å². The molecule has 1 fully saturated rings. The van der Waals surface area contributed by atoms with Gasteiger partial charge in [-0.1, -0.05) is 60.2 Å². The molecule has 7 nitrogen and oxygen atoms in total. The highest BCUT2D eigenvalue weighted by Crippen LogP contribution is 2.24. The summed E-state index contributed by atoms with van der Waals surface area (Å²) in [6.07, 6.45) is 1.41. The number of fused-ring (bicyclic) bond motifs is 1. The van der Waals surface area contributed by atoms with Crippen LogP contribution in [0.2, 0.25) is 0 Å². The molecule has 1 atom stereocenters. The summed E-state index contributed by atoms with van der Waals surface area (Å²) in [5.41, 5.74) is 2.06. The Hall–Kier alpha value is -3.23. The molecule has 0 saturated carbocycles. The van der Waals surface area contributed by atoms with Crippen molar-refractivity contribution < 1.29 is 18.0 Å². The van der Waals surface area contributed by atoms with Crippen LogP contribution in [0, 0.1) is 6.92 Å². The number of aryl methyl sites for hydroxylation is 1. The van der Waals surface area contributed by atoms with Crippen LogP contribution in [0.25, 0.3) is 10.8 Å². The molecule has 1 heterocycles. The van der Waals surface area contributed by atoms with Gasteiger partial charge in [-0.3, -0.25) is 9.59 Å². The van der Waals surface area contributed by atoms with Crippen molar-refractivity contribution in [2.24, 2.45) is 0 Å². The standard InChI is InChI=1S/C27H31N3O4S/c1-19-6-5-7-21(16-19)17-26(28-20(2)31)27(32)29-24-12-14-30(15-13-24)35(33,34)25-11-10-22-8-3-4-9-23(22)18-25/h3-11,16,18,24,26H,12-15,17H2,1-2H3,(H,28,31)(H,29,32). The van der Waals surface area contributed by atoms with Gasteiger partial charge in [0.25, 0.3) is 0 Å². The Labute approximate surface area is 206 Å². The van der Waals surface area contributed by atoms with Crippen LogP contribution in [0.4, 0.5) is 0 Å². The molecule has 3 aromatic rings. The number of piperidine rings is 1. The quantitative estimate of drug-likeness (QED) is 0.529. The van der Waals surface area contributed by atoms with Crippen molar-refractivity contribution in [2.45, 2.75) is 50.1 Å². The van der Waals surface area contributed by atoms with E-state index in [4.69, 9.17) is 0 Å². The summed E-state index contributed by atoms with van der Waals surface area (Å²) in [6.45, 7) is 4.02. The molecule has 1 unspecified atom stereocenters. The van der Waals surface area contributed by atoms with Gasteiger partial charge in [-0.2, -0.15) is 4.31 Å². The molecule has 4 rings (SSSR count). The van der Waals surface area contributed by atoms with Gasteiger partial charge in [0.1, 0.15) is 6.04 Å². The highest BCUT2D eigenvalue weighted by atomic mass is 32.2. The van der Waals surface area contributed by atoms with E-state index in [-0.39, 0.29) is 22.8 Å². The van der Waals surface area contributed by atoms with E-state index < -0.39 is 16.1 Å². The fourth-order valence-corrected chi connectivity index (χ4v) is 6.05. The van der Waals surface area contributed by atoms with Gasteiger partial charge in [-0.15, -0.1) is 0 Å². The Balaban J connectivity index is 1.38. The van der Waals surface area contributed by atoms with Gasteiger partial charge in [0.05, 0.1) is 4.90 Å². The van der Waals surface area contributed by atoms with E-state index in [1.165, 1.54) is 11.2 Å². The fraction of sp³-hybridized carbons (Fsp3) is 0.333. The summed E-state index contributed by atoms with van der Waals surface area (Å²) in [6, 6.07) is 19.9. The van der Waals surface area contributed by atoms with Gasteiger partial charge in [0, 0.05) is 32.5 Å². The summed E-state index contributed by atoms with van der Waals surface area (Å²) in [5.74, 6) is -0.522. The number of benzene rings is 3. The van der Waals surface area contributed by atoms with Gasteiger partial charge >= 0.3 is 0 Å². The first-order valence-electron chi connectivity index (χ1n) is 11.8. The first-order chi connectivity index (χ1) is 16.7. The number of amides is 2. The number of hydrogen-bond acceptors (Lipinski definition) is 4. The van der Waals surface area contributed by atoms with Crippen molar-refractivity contribution in [3.63, 3.8) is 0 Å². The van der Waals surface area contributed by atoms with Crippen molar-refractivity contribution in [1.82, 2.24) is 14.9 Å². The summed E-state index contributed by atoms with van der Waals surface area (Å²) in [7, 11) is -3.62. The Morgan fingerprint density at radius 3 is 2.37 bits per heavy atom. The topological polar surface area (TPSA) is 95.6 Å². The molecule has 1 saturated heterocycles. The molecule has 1 aliphatic rings. The number of nitrogens with one attached hydrogen (secondary N) is 2. The number of carbonyl (C=O) groups is 2. The second-order valence-corrected chi connectivity index (χ2v) is 11.1. The normalized spacial score (nSPS) is 16.1. The fourth-order valence-electron chi connectivity index (χ4n) is 4.55. The molecule has 3 aromatic carbocycles. The molecule has 2 N–H and O–H groups in total. The molecule has 2 amide bonds. The van der Waals surface area contributed by atoms with Crippen molar-refractivity contribution in [3.05, 3.63) is 77.9 Å². The minimum Gasteiger partial charge on any atom is -0.351 e. The first kappa shape index (κ1) is 24.9. The molecular weight excluding hydrogens is 462 g/mol. The molecule has 0 aromatic heterocycles. The third-order valence-electron chi connectivity index (χ3n) is 6.38. The number of sulfonamides is 1. The van der Waals surface area contributed by atoms with Crippen molar-refractivity contribution in [2.75, 3.05) is 13.1 Å². The SMILES string of the molecule is CC(=O)NC(Cc1cccc(C)c1)C(=O)NC1CCN(S(=O)(=O)c2ccc3ccccc3c2)CC1. The molecule has 0 aliphatic carbocycles. The van der Waals surface area contributed by atoms with Gasteiger partial charge in [0.2, 0.25) is 21.8 Å². The van der Waals surface area contributed by atoms with Crippen LogP contribution in [0.1, 0.15) is 30.9 Å². The van der Waals surface area contributed by atoms with Crippen LogP contribution in [0.15, 0.2) is 71.6 Å². The van der Waals surface area contributed by atoms with E-state index in [1.54, 1.807) is 12.1 Å². The Morgan fingerprint density at radius 2 is 1.69 bits per heavy atom. The van der Waals surface area contributed by atoms with E-state index in [1.807, 2.05) is 61.5 Å². The molecule has 0 spiro atoms. The van der Waals surface area contributed by atoms with Crippen molar-refractivity contribution in [3.8, 4) is 0 Å². The van der Waals surface area contributed by atoms with Crippen LogP contribution in [-0.2, 0) is 26.0 Å². The van der Waals surface area contributed by atoms with Gasteiger partial charge < -0.3 is 10.6 Å². The zero-order chi connectivity index (χ0) is 25.0. The maximum absolute atomic E-state index is 13.2. The van der Waals surface area contributed by atoms with Crippen LogP contribution < -0.4 is 10.6 Å². The third-order valence-corrected chi connectivity index (χ3v) is 8.27. The number of hydrogen-bond donors (Lipinski definition) is 2. The van der Waals surface area contributed by atoms with E-state index in [0.29, 0.717) is 32.4 Å². The molecule has 1 aliphatic heterocycles. The van der Waals surface area contributed by atoms with Crippen LogP contribution in [0.5, 0.6) is 0 Å². The first-order valence-corrected chi connectivity index (χ1v) is 13.3. The average molecular weight is 494 g/mol. The van der Waals surface area contributed by atoms with Crippen LogP contribution in [0.3, 0.4) is 0 Å². The molecule has 35 heavy (non-hydrogen) atoms. The van der Waals surface area contributed by atoms with E-state index in [2.05, 4.69) is 10.6 Å². The molecular formula is C27H31N3O4S. The van der Waals surface area contributed by atoms with E-state index >= 15 is 0 Å². The lowest BCUT2D eigenvalue weighted by atomic mass is 10.0. The summed E-state index contributed by atoms with van der Waals surface area (Å²) in [5, 5.41) is 7.64. The zero-order valence-electron chi connectivity index (χ0n) is 20.0. The minimum atomic E-state index is -3.62. The zero-order valence-corrected chi connectivity index (χ0v) is 20.8. The number of carbonyl (C=O) groups excluding carboxylic acids is 2. The number of nitrogens with zero attached hydrogens (tertiary/aromatic N) is 1. The summed E-state index contributed by atoms with van der Waals surface area (Å²) in [4.78, 5) is 25.0. The van der Waals surface area contributed by atoms with Crippen LogP contribution >= 0.6 is 0 Å². The average Bonchev–Trinajstić information content (AvgIpc) is 2.83. The summed E-state index contributed by atoms with van der Waals surface area (Å²) >= 11 is 0. The lowest BCUT2D eigenvalue weighted by molar-refractivity contribution is -0.128. The molecule has 184 valence electrons. The monoisotopic (exact) mass is 493 g/mol. The van der Waals surface area contributed by atoms with E-state index in [0.717, 1.165) is 21.9 Å². The highest BCUT2D eigenvalue weighted by molar-refractivity contribution is 7.89. The van der Waals surface area contributed by atoms with Gasteiger partial charge in [-0.25, -0.2) is 8.42 Å². The lowest BCUT2D eigenvalue weighted by Gasteiger charge is -2.32. The predicted octanol–water partition coefficient (Wildman–Crippen LogP) is 3.16. The van der Waals surface area contributed by atoms with E-state index in [9.17, 15) is 18.0 Å². The Kier molecular flexibility index (Phi) is 7.52. The van der Waals surface area contributed by atoms with Gasteiger partial charge in [0.15, 0.2) is 0 Å². The predicted molar refractivity (Wildman–Crippen MR) is 136 cm³/mol. The third kappa shape index (κ3) is 6.07. The summed E-state index contributed by atoms with van der Waals surface area (Å²) < 4.78 is 27.9. The molecule has 0 bridgehead atoms. The second kappa shape index (κ2) is 10.6. The van der Waals surface area contributed by atoms with Gasteiger partial charge in [-0.05, 0) is 48.2 Å². The maximum atomic E-state index is 13.2. The number of rotatable bonds is 7. The highest BCUT2D eigenvalue weighted by Gasteiger charge is 2.31. The molecule has 0 radical (unpaired) electrons. The maximum Gasteiger partial charge on any atom is 0.243 e. The lowest BCUT2D eigenvalue weighted by Crippen LogP contribution is -2.53. The minimum absolute atomic E-state index is 0.153. The smallest absolute Gasteiger partial charge is 0.243 e. The van der Waals surface area contributed by atoms with Crippen LogP contribution in [-0.4, -0.2) is 49.7 Å². The Morgan fingerprint density at radius 1 is 0.971 bits per heavy atom.